The van der Waals surface area contributed by atoms with E-state index in [9.17, 15) is 9.59 Å². The molecule has 0 radical (unpaired) electrons. The highest BCUT2D eigenvalue weighted by molar-refractivity contribution is 5.81. The van der Waals surface area contributed by atoms with Crippen molar-refractivity contribution in [3.05, 3.63) is 0 Å². The lowest BCUT2D eigenvalue weighted by atomic mass is 9.82. The minimum atomic E-state index is -0.679. The first-order valence-corrected chi connectivity index (χ1v) is 6.32. The maximum atomic E-state index is 11.7. The third-order valence-corrected chi connectivity index (χ3v) is 3.43. The third kappa shape index (κ3) is 4.36. The maximum absolute atomic E-state index is 11.7. The van der Waals surface area contributed by atoms with Crippen molar-refractivity contribution in [1.82, 2.24) is 5.32 Å². The van der Waals surface area contributed by atoms with E-state index in [-0.39, 0.29) is 17.2 Å². The van der Waals surface area contributed by atoms with Crippen molar-refractivity contribution < 1.29 is 14.7 Å². The maximum Gasteiger partial charge on any atom is 0.306 e. The van der Waals surface area contributed by atoms with Crippen LogP contribution in [0.5, 0.6) is 0 Å². The Morgan fingerprint density at radius 1 is 1.18 bits per heavy atom. The molecule has 0 aliphatic heterocycles. The lowest BCUT2D eigenvalue weighted by molar-refractivity contribution is -0.143. The Morgan fingerprint density at radius 3 is 2.12 bits per heavy atom. The molecule has 2 N–H and O–H groups in total. The molecule has 98 valence electrons. The van der Waals surface area contributed by atoms with Gasteiger partial charge in [0.2, 0.25) is 5.91 Å². The minimum Gasteiger partial charge on any atom is -0.481 e. The summed E-state index contributed by atoms with van der Waals surface area (Å²) in [6, 6.07) is 0. The van der Waals surface area contributed by atoms with Gasteiger partial charge in [-0.2, -0.15) is 0 Å². The first kappa shape index (κ1) is 14.0. The van der Waals surface area contributed by atoms with Crippen molar-refractivity contribution in [3.63, 3.8) is 0 Å². The van der Waals surface area contributed by atoms with Crippen molar-refractivity contribution in [1.29, 1.82) is 0 Å². The second-order valence-electron chi connectivity index (χ2n) is 6.02. The van der Waals surface area contributed by atoms with Crippen LogP contribution in [-0.4, -0.2) is 23.5 Å². The molecule has 0 aromatic carbocycles. The van der Waals surface area contributed by atoms with Gasteiger partial charge in [0.25, 0.3) is 0 Å². The van der Waals surface area contributed by atoms with Crippen molar-refractivity contribution >= 4 is 11.9 Å². The van der Waals surface area contributed by atoms with Gasteiger partial charge in [-0.15, -0.1) is 0 Å². The number of carbonyl (C=O) groups is 2. The highest BCUT2D eigenvalue weighted by Gasteiger charge is 2.27. The standard InChI is InChI=1S/C13H23NO3/c1-13(2,3)12(17)14-8-9-4-6-10(7-5-9)11(15)16/h9-10H,4-8H2,1-3H3,(H,14,17)(H,15,16). The van der Waals surface area contributed by atoms with E-state index in [1.165, 1.54) is 0 Å². The number of carboxylic acid groups (broad SMARTS) is 1. The fourth-order valence-corrected chi connectivity index (χ4v) is 2.12. The van der Waals surface area contributed by atoms with Crippen LogP contribution in [0.3, 0.4) is 0 Å². The monoisotopic (exact) mass is 241 g/mol. The molecular weight excluding hydrogens is 218 g/mol. The lowest BCUT2D eigenvalue weighted by Gasteiger charge is -2.27. The first-order chi connectivity index (χ1) is 7.80. The summed E-state index contributed by atoms with van der Waals surface area (Å²) in [5.74, 6) is -0.346. The molecule has 4 nitrogen and oxygen atoms in total. The predicted molar refractivity (Wildman–Crippen MR) is 65.5 cm³/mol. The molecule has 1 amide bonds. The smallest absolute Gasteiger partial charge is 0.306 e. The Balaban J connectivity index is 2.28. The van der Waals surface area contributed by atoms with Gasteiger partial charge in [-0.1, -0.05) is 20.8 Å². The number of carboxylic acids is 1. The van der Waals surface area contributed by atoms with Crippen LogP contribution in [0.25, 0.3) is 0 Å². The van der Waals surface area contributed by atoms with Crippen LogP contribution in [0.2, 0.25) is 0 Å². The van der Waals surface area contributed by atoms with Crippen molar-refractivity contribution in [2.45, 2.75) is 46.5 Å². The van der Waals surface area contributed by atoms with E-state index < -0.39 is 5.97 Å². The summed E-state index contributed by atoms with van der Waals surface area (Å²) in [6.45, 7) is 6.36. The normalized spacial score (nSPS) is 25.4. The number of hydrogen-bond acceptors (Lipinski definition) is 2. The quantitative estimate of drug-likeness (QED) is 0.794. The zero-order valence-corrected chi connectivity index (χ0v) is 11.0. The summed E-state index contributed by atoms with van der Waals surface area (Å²) < 4.78 is 0. The van der Waals surface area contributed by atoms with Crippen molar-refractivity contribution in [3.8, 4) is 0 Å². The van der Waals surface area contributed by atoms with Crippen LogP contribution in [0, 0.1) is 17.3 Å². The molecule has 0 saturated heterocycles. The highest BCUT2D eigenvalue weighted by atomic mass is 16.4. The number of rotatable bonds is 3. The van der Waals surface area contributed by atoms with E-state index >= 15 is 0 Å². The summed E-state index contributed by atoms with van der Waals surface area (Å²) in [6.07, 6.45) is 3.29. The van der Waals surface area contributed by atoms with E-state index in [4.69, 9.17) is 5.11 Å². The molecule has 17 heavy (non-hydrogen) atoms. The lowest BCUT2D eigenvalue weighted by Crippen LogP contribution is -2.38. The minimum absolute atomic E-state index is 0.0675. The first-order valence-electron chi connectivity index (χ1n) is 6.32. The zero-order valence-electron chi connectivity index (χ0n) is 11.0. The van der Waals surface area contributed by atoms with Crippen LogP contribution < -0.4 is 5.32 Å². The molecule has 0 spiro atoms. The Bertz CT molecular complexity index is 286. The topological polar surface area (TPSA) is 66.4 Å². The molecule has 4 heteroatoms. The molecule has 1 aliphatic carbocycles. The molecule has 0 aromatic rings. The van der Waals surface area contributed by atoms with Crippen LogP contribution in [-0.2, 0) is 9.59 Å². The molecule has 1 fully saturated rings. The summed E-state index contributed by atoms with van der Waals surface area (Å²) in [5, 5.41) is 11.8. The third-order valence-electron chi connectivity index (χ3n) is 3.43. The van der Waals surface area contributed by atoms with Crippen LogP contribution in [0.4, 0.5) is 0 Å². The average Bonchev–Trinajstić information content (AvgIpc) is 2.25. The van der Waals surface area contributed by atoms with Gasteiger partial charge in [-0.3, -0.25) is 9.59 Å². The van der Waals surface area contributed by atoms with E-state index in [1.807, 2.05) is 20.8 Å². The van der Waals surface area contributed by atoms with Crippen LogP contribution in [0.15, 0.2) is 0 Å². The molecule has 0 heterocycles. The Kier molecular flexibility index (Phi) is 4.54. The molecule has 0 bridgehead atoms. The molecule has 1 rings (SSSR count). The molecule has 0 unspecified atom stereocenters. The molecule has 0 atom stereocenters. The SMILES string of the molecule is CC(C)(C)C(=O)NCC1CCC(C(=O)O)CC1. The Hall–Kier alpha value is -1.06. The van der Waals surface area contributed by atoms with Gasteiger partial charge in [-0.25, -0.2) is 0 Å². The highest BCUT2D eigenvalue weighted by Crippen LogP contribution is 2.28. The molecule has 0 aromatic heterocycles. The Morgan fingerprint density at radius 2 is 1.71 bits per heavy atom. The van der Waals surface area contributed by atoms with E-state index in [0.29, 0.717) is 12.5 Å². The molecule has 1 saturated carbocycles. The second-order valence-corrected chi connectivity index (χ2v) is 6.02. The largest absolute Gasteiger partial charge is 0.481 e. The summed E-state index contributed by atoms with van der Waals surface area (Å²) in [5.41, 5.74) is -0.349. The fourth-order valence-electron chi connectivity index (χ4n) is 2.12. The summed E-state index contributed by atoms with van der Waals surface area (Å²) >= 11 is 0. The number of aliphatic carboxylic acids is 1. The second kappa shape index (κ2) is 5.52. The van der Waals surface area contributed by atoms with E-state index in [0.717, 1.165) is 25.7 Å². The van der Waals surface area contributed by atoms with Gasteiger partial charge in [0.05, 0.1) is 5.92 Å². The molecular formula is C13H23NO3. The van der Waals surface area contributed by atoms with Crippen molar-refractivity contribution in [2.75, 3.05) is 6.54 Å². The van der Waals surface area contributed by atoms with E-state index in [1.54, 1.807) is 0 Å². The summed E-state index contributed by atoms with van der Waals surface area (Å²) in [7, 11) is 0. The summed E-state index contributed by atoms with van der Waals surface area (Å²) in [4.78, 5) is 22.5. The van der Waals surface area contributed by atoms with Gasteiger partial charge >= 0.3 is 5.97 Å². The van der Waals surface area contributed by atoms with Crippen LogP contribution in [0.1, 0.15) is 46.5 Å². The number of amides is 1. The van der Waals surface area contributed by atoms with Crippen molar-refractivity contribution in [2.24, 2.45) is 17.3 Å². The van der Waals surface area contributed by atoms with Gasteiger partial charge in [0.15, 0.2) is 0 Å². The zero-order chi connectivity index (χ0) is 13.1. The number of nitrogens with one attached hydrogen (secondary N) is 1. The Labute approximate surface area is 103 Å². The van der Waals surface area contributed by atoms with Crippen LogP contribution >= 0.6 is 0 Å². The fraction of sp³-hybridized carbons (Fsp3) is 0.846. The van der Waals surface area contributed by atoms with Gasteiger partial charge in [0.1, 0.15) is 0 Å². The van der Waals surface area contributed by atoms with Gasteiger partial charge in [0, 0.05) is 12.0 Å². The predicted octanol–water partition coefficient (Wildman–Crippen LogP) is 2.04. The number of hydrogen-bond donors (Lipinski definition) is 2. The number of carbonyl (C=O) groups excluding carboxylic acids is 1. The van der Waals surface area contributed by atoms with Gasteiger partial charge < -0.3 is 10.4 Å². The van der Waals surface area contributed by atoms with Gasteiger partial charge in [-0.05, 0) is 31.6 Å². The average molecular weight is 241 g/mol. The van der Waals surface area contributed by atoms with E-state index in [2.05, 4.69) is 5.32 Å². The molecule has 1 aliphatic rings.